The highest BCUT2D eigenvalue weighted by molar-refractivity contribution is 5.65. The van der Waals surface area contributed by atoms with Gasteiger partial charge in [0.05, 0.1) is 5.69 Å². The molecule has 0 saturated carbocycles. The highest BCUT2D eigenvalue weighted by Crippen LogP contribution is 2.33. The molecule has 2 aromatic rings. The maximum atomic E-state index is 13.4. The summed E-state index contributed by atoms with van der Waals surface area (Å²) >= 11 is 0. The number of piperidine rings is 1. The van der Waals surface area contributed by atoms with Crippen molar-refractivity contribution in [2.24, 2.45) is 5.92 Å². The van der Waals surface area contributed by atoms with Crippen LogP contribution in [0.3, 0.4) is 0 Å². The molecule has 34 heavy (non-hydrogen) atoms. The number of pyridine rings is 1. The fraction of sp³-hybridized carbons (Fsp3) is 0.545. The third-order valence-corrected chi connectivity index (χ3v) is 5.68. The highest BCUT2D eigenvalue weighted by atomic mass is 19.4. The number of nitrogens with zero attached hydrogens (tertiary/aromatic N) is 4. The van der Waals surface area contributed by atoms with E-state index in [1.54, 1.807) is 18.4 Å². The molecule has 3 N–H and O–H groups in total. The van der Waals surface area contributed by atoms with E-state index in [4.69, 9.17) is 5.73 Å². The summed E-state index contributed by atoms with van der Waals surface area (Å²) in [5.74, 6) is -3.68. The number of ether oxygens (including phenoxy) is 1. The van der Waals surface area contributed by atoms with Crippen molar-refractivity contribution in [3.05, 3.63) is 30.9 Å². The van der Waals surface area contributed by atoms with Crippen LogP contribution >= 0.6 is 0 Å². The molecule has 1 aliphatic heterocycles. The SMILES string of the molecule is C=C(CCN1CCC(F)(F)CC1)n1cc(-c2cnc(N)c(OC(F)(F)F)c2)nc1C(O)C(C)C. The van der Waals surface area contributed by atoms with Gasteiger partial charge in [0.25, 0.3) is 5.92 Å². The minimum atomic E-state index is -4.94. The Kier molecular flexibility index (Phi) is 7.51. The van der Waals surface area contributed by atoms with Gasteiger partial charge in [-0.05, 0) is 12.0 Å². The predicted octanol–water partition coefficient (Wildman–Crippen LogP) is 4.71. The molecule has 2 aromatic heterocycles. The highest BCUT2D eigenvalue weighted by Gasteiger charge is 2.34. The minimum Gasteiger partial charge on any atom is -0.402 e. The number of imidazole rings is 1. The van der Waals surface area contributed by atoms with Crippen molar-refractivity contribution in [1.82, 2.24) is 19.4 Å². The number of likely N-dealkylation sites (tertiary alicyclic amines) is 1. The smallest absolute Gasteiger partial charge is 0.402 e. The Morgan fingerprint density at radius 1 is 1.29 bits per heavy atom. The second-order valence-electron chi connectivity index (χ2n) is 8.71. The van der Waals surface area contributed by atoms with E-state index in [1.165, 1.54) is 12.4 Å². The van der Waals surface area contributed by atoms with E-state index in [0.29, 0.717) is 18.7 Å². The normalized spacial score (nSPS) is 17.7. The van der Waals surface area contributed by atoms with Gasteiger partial charge in [0.1, 0.15) is 11.9 Å². The molecule has 3 rings (SSSR count). The van der Waals surface area contributed by atoms with Crippen LogP contribution in [0.25, 0.3) is 17.0 Å². The minimum absolute atomic E-state index is 0.196. The van der Waals surface area contributed by atoms with E-state index in [9.17, 15) is 27.1 Å². The topological polar surface area (TPSA) is 89.4 Å². The standard InChI is InChI=1S/C22H28F5N5O2/c1-13(2)18(33)20-30-16(15-10-17(19(28)29-11-15)34-22(25,26)27)12-32(20)14(3)4-7-31-8-5-21(23,24)6-9-31/h10-13,18,33H,3-9H2,1-2H3,(H2,28,29). The summed E-state index contributed by atoms with van der Waals surface area (Å²) in [6.07, 6.45) is -3.10. The maximum absolute atomic E-state index is 13.4. The largest absolute Gasteiger partial charge is 0.573 e. The van der Waals surface area contributed by atoms with Gasteiger partial charge < -0.3 is 25.0 Å². The first-order valence-electron chi connectivity index (χ1n) is 10.8. The Labute approximate surface area is 194 Å². The van der Waals surface area contributed by atoms with Crippen LogP contribution in [0.5, 0.6) is 5.75 Å². The lowest BCUT2D eigenvalue weighted by Crippen LogP contribution is -2.39. The molecule has 1 unspecified atom stereocenters. The number of anilines is 1. The lowest BCUT2D eigenvalue weighted by molar-refractivity contribution is -0.274. The van der Waals surface area contributed by atoms with Gasteiger partial charge in [-0.15, -0.1) is 13.2 Å². The second-order valence-corrected chi connectivity index (χ2v) is 8.71. The van der Waals surface area contributed by atoms with Crippen molar-refractivity contribution in [3.8, 4) is 17.0 Å². The third kappa shape index (κ3) is 6.44. The van der Waals surface area contributed by atoms with Crippen LogP contribution in [0, 0.1) is 5.92 Å². The van der Waals surface area contributed by atoms with Crippen molar-refractivity contribution in [2.75, 3.05) is 25.4 Å². The molecule has 0 amide bonds. The van der Waals surface area contributed by atoms with E-state index in [1.807, 2.05) is 4.90 Å². The number of rotatable bonds is 8. The number of hydrogen-bond acceptors (Lipinski definition) is 6. The number of nitrogens with two attached hydrogens (primary N) is 1. The molecule has 0 spiro atoms. The molecule has 0 bridgehead atoms. The molecule has 12 heteroatoms. The van der Waals surface area contributed by atoms with Crippen LogP contribution in [0.1, 0.15) is 45.0 Å². The van der Waals surface area contributed by atoms with Crippen LogP contribution in [0.15, 0.2) is 25.0 Å². The zero-order chi connectivity index (χ0) is 25.3. The van der Waals surface area contributed by atoms with E-state index in [2.05, 4.69) is 21.3 Å². The van der Waals surface area contributed by atoms with Gasteiger partial charge in [-0.3, -0.25) is 0 Å². The van der Waals surface area contributed by atoms with Gasteiger partial charge in [-0.2, -0.15) is 0 Å². The van der Waals surface area contributed by atoms with Gasteiger partial charge in [0, 0.05) is 62.6 Å². The van der Waals surface area contributed by atoms with Crippen molar-refractivity contribution in [3.63, 3.8) is 0 Å². The Hall–Kier alpha value is -2.73. The zero-order valence-corrected chi connectivity index (χ0v) is 18.9. The Morgan fingerprint density at radius 3 is 2.53 bits per heavy atom. The molecule has 1 aliphatic rings. The average molecular weight is 489 g/mol. The molecular weight excluding hydrogens is 461 g/mol. The number of hydrogen-bond donors (Lipinski definition) is 2. The van der Waals surface area contributed by atoms with Crippen LogP contribution in [0.2, 0.25) is 0 Å². The Morgan fingerprint density at radius 2 is 1.94 bits per heavy atom. The first kappa shape index (κ1) is 25.9. The molecule has 0 aliphatic carbocycles. The monoisotopic (exact) mass is 489 g/mol. The number of aromatic nitrogens is 3. The first-order valence-corrected chi connectivity index (χ1v) is 10.8. The molecule has 0 aromatic carbocycles. The maximum Gasteiger partial charge on any atom is 0.573 e. The van der Waals surface area contributed by atoms with Gasteiger partial charge in [0.15, 0.2) is 11.6 Å². The number of aliphatic hydroxyl groups excluding tert-OH is 1. The summed E-state index contributed by atoms with van der Waals surface area (Å²) in [5, 5.41) is 10.7. The molecule has 188 valence electrons. The molecule has 7 nitrogen and oxygen atoms in total. The quantitative estimate of drug-likeness (QED) is 0.523. The van der Waals surface area contributed by atoms with Gasteiger partial charge >= 0.3 is 6.36 Å². The van der Waals surface area contributed by atoms with Gasteiger partial charge in [-0.25, -0.2) is 18.7 Å². The van der Waals surface area contributed by atoms with Crippen LogP contribution in [-0.4, -0.2) is 56.5 Å². The van der Waals surface area contributed by atoms with E-state index in [0.717, 1.165) is 6.07 Å². The lowest BCUT2D eigenvalue weighted by atomic mass is 10.1. The zero-order valence-electron chi connectivity index (χ0n) is 18.9. The van der Waals surface area contributed by atoms with Crippen molar-refractivity contribution < 1.29 is 31.8 Å². The van der Waals surface area contributed by atoms with E-state index >= 15 is 0 Å². The Balaban J connectivity index is 1.85. The van der Waals surface area contributed by atoms with Crippen molar-refractivity contribution in [2.45, 2.75) is 51.5 Å². The average Bonchev–Trinajstić information content (AvgIpc) is 3.18. The number of aliphatic hydroxyl groups is 1. The number of alkyl halides is 5. The first-order chi connectivity index (χ1) is 15.8. The summed E-state index contributed by atoms with van der Waals surface area (Å²) in [5.41, 5.74) is 6.51. The van der Waals surface area contributed by atoms with E-state index in [-0.39, 0.29) is 48.9 Å². The fourth-order valence-corrected chi connectivity index (χ4v) is 3.61. The molecule has 0 radical (unpaired) electrons. The molecule has 3 heterocycles. The third-order valence-electron chi connectivity index (χ3n) is 5.68. The predicted molar refractivity (Wildman–Crippen MR) is 117 cm³/mol. The second kappa shape index (κ2) is 9.87. The van der Waals surface area contributed by atoms with Crippen LogP contribution in [0.4, 0.5) is 27.8 Å². The summed E-state index contributed by atoms with van der Waals surface area (Å²) in [4.78, 5) is 10.1. The van der Waals surface area contributed by atoms with Gasteiger partial charge in [0.2, 0.25) is 0 Å². The molecule has 1 saturated heterocycles. The molecule has 1 fully saturated rings. The van der Waals surface area contributed by atoms with Crippen LogP contribution in [-0.2, 0) is 0 Å². The summed E-state index contributed by atoms with van der Waals surface area (Å²) in [6, 6.07) is 1.07. The Bertz CT molecular complexity index is 1010. The lowest BCUT2D eigenvalue weighted by Gasteiger charge is -2.31. The van der Waals surface area contributed by atoms with Crippen molar-refractivity contribution >= 4 is 11.5 Å². The summed E-state index contributed by atoms with van der Waals surface area (Å²) in [6.45, 7) is 8.68. The van der Waals surface area contributed by atoms with E-state index < -0.39 is 30.0 Å². The number of nitrogen functional groups attached to an aromatic ring is 1. The van der Waals surface area contributed by atoms with Crippen LogP contribution < -0.4 is 10.5 Å². The molecule has 1 atom stereocenters. The fourth-order valence-electron chi connectivity index (χ4n) is 3.61. The van der Waals surface area contributed by atoms with Gasteiger partial charge in [-0.1, -0.05) is 20.4 Å². The number of halogens is 5. The molecular formula is C22H28F5N5O2. The van der Waals surface area contributed by atoms with Crippen molar-refractivity contribution in [1.29, 1.82) is 0 Å². The summed E-state index contributed by atoms with van der Waals surface area (Å²) in [7, 11) is 0. The summed E-state index contributed by atoms with van der Waals surface area (Å²) < 4.78 is 70.4.